The van der Waals surface area contributed by atoms with E-state index >= 15 is 0 Å². The lowest BCUT2D eigenvalue weighted by atomic mass is 10.2. The molecule has 0 radical (unpaired) electrons. The normalized spacial score (nSPS) is 11.1. The van der Waals surface area contributed by atoms with Gasteiger partial charge >= 0.3 is 0 Å². The Bertz CT molecular complexity index is 661. The van der Waals surface area contributed by atoms with Gasteiger partial charge in [-0.05, 0) is 20.8 Å². The summed E-state index contributed by atoms with van der Waals surface area (Å²) in [6, 6.07) is 0. The summed E-state index contributed by atoms with van der Waals surface area (Å²) >= 11 is 11.3. The third-order valence-corrected chi connectivity index (χ3v) is 3.30. The van der Waals surface area contributed by atoms with Crippen molar-refractivity contribution < 1.29 is 4.74 Å². The van der Waals surface area contributed by atoms with Crippen molar-refractivity contribution in [1.29, 1.82) is 0 Å². The van der Waals surface area contributed by atoms with Gasteiger partial charge in [0.05, 0.1) is 23.6 Å². The number of hydrogen-bond donors (Lipinski definition) is 1. The number of aromatic nitrogens is 4. The summed E-state index contributed by atoms with van der Waals surface area (Å²) < 4.78 is 8.83. The van der Waals surface area contributed by atoms with E-state index in [1.54, 1.807) is 22.6 Å². The van der Waals surface area contributed by atoms with E-state index in [-0.39, 0.29) is 6.10 Å². The van der Waals surface area contributed by atoms with Gasteiger partial charge in [-0.2, -0.15) is 5.10 Å². The van der Waals surface area contributed by atoms with Crippen molar-refractivity contribution >= 4 is 28.8 Å². The molecule has 2 N–H and O–H groups in total. The molecule has 0 saturated carbocycles. The van der Waals surface area contributed by atoms with Gasteiger partial charge < -0.3 is 10.5 Å². The van der Waals surface area contributed by atoms with Gasteiger partial charge in [-0.25, -0.2) is 9.36 Å². The van der Waals surface area contributed by atoms with E-state index in [2.05, 4.69) is 10.2 Å². The number of rotatable bonds is 4. The second-order valence-corrected chi connectivity index (χ2v) is 5.47. The SMILES string of the molecule is Cc1c(C(N)=S)cnn1-c1nn(C)c(OC(C)C)c1Cl. The molecule has 2 aromatic heterocycles. The van der Waals surface area contributed by atoms with Gasteiger partial charge in [0.1, 0.15) is 10.0 Å². The first-order valence-electron chi connectivity index (χ1n) is 6.06. The Morgan fingerprint density at radius 2 is 2.15 bits per heavy atom. The molecule has 108 valence electrons. The highest BCUT2D eigenvalue weighted by Crippen LogP contribution is 2.31. The third-order valence-electron chi connectivity index (χ3n) is 2.75. The third kappa shape index (κ3) is 2.51. The molecular weight excluding hydrogens is 298 g/mol. The number of halogens is 1. The van der Waals surface area contributed by atoms with Gasteiger partial charge in [-0.3, -0.25) is 0 Å². The van der Waals surface area contributed by atoms with E-state index in [0.717, 1.165) is 5.69 Å². The molecule has 8 heteroatoms. The first kappa shape index (κ1) is 14.8. The zero-order chi connectivity index (χ0) is 15.0. The molecule has 2 heterocycles. The van der Waals surface area contributed by atoms with Crippen LogP contribution >= 0.6 is 23.8 Å². The molecular formula is C12H16ClN5OS. The molecule has 0 amide bonds. The molecule has 0 aliphatic rings. The van der Waals surface area contributed by atoms with E-state index in [1.165, 1.54) is 0 Å². The minimum Gasteiger partial charge on any atom is -0.474 e. The van der Waals surface area contributed by atoms with Crippen LogP contribution in [0.15, 0.2) is 6.20 Å². The highest BCUT2D eigenvalue weighted by atomic mass is 35.5. The van der Waals surface area contributed by atoms with Crippen LogP contribution in [-0.2, 0) is 7.05 Å². The average molecular weight is 314 g/mol. The summed E-state index contributed by atoms with van der Waals surface area (Å²) in [5, 5.41) is 8.98. The van der Waals surface area contributed by atoms with Crippen LogP contribution < -0.4 is 10.5 Å². The van der Waals surface area contributed by atoms with Gasteiger partial charge in [0.25, 0.3) is 0 Å². The maximum Gasteiger partial charge on any atom is 0.233 e. The molecule has 0 spiro atoms. The molecule has 20 heavy (non-hydrogen) atoms. The molecule has 0 aromatic carbocycles. The second kappa shape index (κ2) is 5.41. The van der Waals surface area contributed by atoms with Gasteiger partial charge in [0.15, 0.2) is 5.82 Å². The Morgan fingerprint density at radius 3 is 2.65 bits per heavy atom. The number of nitrogens with zero attached hydrogens (tertiary/aromatic N) is 4. The molecule has 0 aliphatic carbocycles. The van der Waals surface area contributed by atoms with Gasteiger partial charge in [0.2, 0.25) is 5.88 Å². The Hall–Kier alpha value is -1.60. The maximum absolute atomic E-state index is 6.34. The van der Waals surface area contributed by atoms with E-state index < -0.39 is 0 Å². The summed E-state index contributed by atoms with van der Waals surface area (Å²) in [5.74, 6) is 0.994. The quantitative estimate of drug-likeness (QED) is 0.874. The summed E-state index contributed by atoms with van der Waals surface area (Å²) in [4.78, 5) is 0.291. The Balaban J connectivity index is 2.52. The van der Waals surface area contributed by atoms with Crippen LogP contribution in [0.25, 0.3) is 5.82 Å². The number of nitrogens with two attached hydrogens (primary N) is 1. The van der Waals surface area contributed by atoms with Crippen molar-refractivity contribution in [2.45, 2.75) is 26.9 Å². The predicted octanol–water partition coefficient (Wildman–Crippen LogP) is 1.99. The first-order valence-corrected chi connectivity index (χ1v) is 6.85. The fraction of sp³-hybridized carbons (Fsp3) is 0.417. The molecule has 0 atom stereocenters. The molecule has 0 saturated heterocycles. The smallest absolute Gasteiger partial charge is 0.233 e. The molecule has 0 aliphatic heterocycles. The van der Waals surface area contributed by atoms with Gasteiger partial charge in [0, 0.05) is 7.05 Å². The Morgan fingerprint density at radius 1 is 1.50 bits per heavy atom. The number of ether oxygens (including phenoxy) is 1. The maximum atomic E-state index is 6.34. The minimum absolute atomic E-state index is 0.00153. The molecule has 2 rings (SSSR count). The number of thiocarbonyl (C=S) groups is 1. The van der Waals surface area contributed by atoms with Crippen LogP contribution in [0.5, 0.6) is 5.88 Å². The molecule has 6 nitrogen and oxygen atoms in total. The van der Waals surface area contributed by atoms with Crippen molar-refractivity contribution in [3.05, 3.63) is 22.5 Å². The number of aryl methyl sites for hydroxylation is 1. The van der Waals surface area contributed by atoms with Crippen molar-refractivity contribution in [2.24, 2.45) is 12.8 Å². The highest BCUT2D eigenvalue weighted by Gasteiger charge is 2.21. The van der Waals surface area contributed by atoms with Crippen molar-refractivity contribution in [3.8, 4) is 11.7 Å². The molecule has 0 unspecified atom stereocenters. The molecule has 0 bridgehead atoms. The zero-order valence-corrected chi connectivity index (χ0v) is 13.3. The largest absolute Gasteiger partial charge is 0.474 e. The predicted molar refractivity (Wildman–Crippen MR) is 81.7 cm³/mol. The van der Waals surface area contributed by atoms with E-state index in [0.29, 0.717) is 27.3 Å². The lowest BCUT2D eigenvalue weighted by Gasteiger charge is -2.09. The first-order chi connectivity index (χ1) is 9.32. The second-order valence-electron chi connectivity index (χ2n) is 4.65. The Labute approximate surface area is 127 Å². The molecule has 0 fully saturated rings. The van der Waals surface area contributed by atoms with Gasteiger partial charge in [-0.15, -0.1) is 5.10 Å². The summed E-state index contributed by atoms with van der Waals surface area (Å²) in [5.41, 5.74) is 7.13. The Kier molecular flexibility index (Phi) is 4.01. The van der Waals surface area contributed by atoms with Crippen LogP contribution in [0, 0.1) is 6.92 Å². The highest BCUT2D eigenvalue weighted by molar-refractivity contribution is 7.80. The van der Waals surface area contributed by atoms with Crippen LogP contribution in [-0.4, -0.2) is 30.7 Å². The van der Waals surface area contributed by atoms with Crippen molar-refractivity contribution in [1.82, 2.24) is 19.6 Å². The fourth-order valence-electron chi connectivity index (χ4n) is 1.82. The lowest BCUT2D eigenvalue weighted by molar-refractivity contribution is 0.221. The minimum atomic E-state index is 0.00153. The van der Waals surface area contributed by atoms with Gasteiger partial charge in [-0.1, -0.05) is 23.8 Å². The topological polar surface area (TPSA) is 70.9 Å². The summed E-state index contributed by atoms with van der Waals surface area (Å²) in [7, 11) is 1.76. The zero-order valence-electron chi connectivity index (χ0n) is 11.7. The van der Waals surface area contributed by atoms with Crippen LogP contribution in [0.1, 0.15) is 25.1 Å². The van der Waals surface area contributed by atoms with Crippen LogP contribution in [0.4, 0.5) is 0 Å². The van der Waals surface area contributed by atoms with Crippen molar-refractivity contribution in [3.63, 3.8) is 0 Å². The van der Waals surface area contributed by atoms with E-state index in [9.17, 15) is 0 Å². The van der Waals surface area contributed by atoms with Crippen LogP contribution in [0.3, 0.4) is 0 Å². The number of hydrogen-bond acceptors (Lipinski definition) is 4. The van der Waals surface area contributed by atoms with Crippen LogP contribution in [0.2, 0.25) is 5.02 Å². The summed E-state index contributed by atoms with van der Waals surface area (Å²) in [6.45, 7) is 5.70. The van der Waals surface area contributed by atoms with E-state index in [4.69, 9.17) is 34.3 Å². The monoisotopic (exact) mass is 313 g/mol. The lowest BCUT2D eigenvalue weighted by Crippen LogP contribution is -2.11. The standard InChI is InChI=1S/C12H16ClN5OS/c1-6(2)19-12-9(13)11(16-17(12)4)18-7(3)8(5-15-18)10(14)20/h5-6H,1-4H3,(H2,14,20). The summed E-state index contributed by atoms with van der Waals surface area (Å²) in [6.07, 6.45) is 1.60. The van der Waals surface area contributed by atoms with Crippen molar-refractivity contribution in [2.75, 3.05) is 0 Å². The van der Waals surface area contributed by atoms with E-state index in [1.807, 2.05) is 20.8 Å². The fourth-order valence-corrected chi connectivity index (χ4v) is 2.31. The molecule has 2 aromatic rings. The average Bonchev–Trinajstić information content (AvgIpc) is 2.84.